The first-order valence-corrected chi connectivity index (χ1v) is 5.68. The summed E-state index contributed by atoms with van der Waals surface area (Å²) in [5.41, 5.74) is 3.71. The molecule has 18 heavy (non-hydrogen) atoms. The summed E-state index contributed by atoms with van der Waals surface area (Å²) in [5.74, 6) is 0. The Morgan fingerprint density at radius 3 is 2.89 bits per heavy atom. The standard InChI is InChI=1S/C14H9N3O/c1-5-16-14-10(2-6-17-14)9(1)13-11-4-8-18-12(11)3-7-15-13/h1-8H,(H,16,17). The molecule has 4 heteroatoms. The van der Waals surface area contributed by atoms with Crippen LogP contribution in [0.5, 0.6) is 0 Å². The van der Waals surface area contributed by atoms with E-state index in [9.17, 15) is 0 Å². The number of aromatic amines is 1. The molecule has 0 aliphatic carbocycles. The van der Waals surface area contributed by atoms with Crippen molar-refractivity contribution in [2.45, 2.75) is 0 Å². The number of aromatic nitrogens is 3. The molecular weight excluding hydrogens is 226 g/mol. The van der Waals surface area contributed by atoms with Crippen molar-refractivity contribution in [2.75, 3.05) is 0 Å². The molecule has 0 spiro atoms. The molecule has 4 heterocycles. The van der Waals surface area contributed by atoms with E-state index in [-0.39, 0.29) is 0 Å². The minimum Gasteiger partial charge on any atom is -0.464 e. The number of H-pyrrole nitrogens is 1. The number of hydrogen-bond donors (Lipinski definition) is 1. The normalized spacial score (nSPS) is 11.3. The molecular formula is C14H9N3O. The zero-order valence-electron chi connectivity index (χ0n) is 9.42. The van der Waals surface area contributed by atoms with E-state index in [2.05, 4.69) is 15.0 Å². The molecule has 0 bridgehead atoms. The lowest BCUT2D eigenvalue weighted by Gasteiger charge is -2.03. The van der Waals surface area contributed by atoms with Crippen LogP contribution in [0.2, 0.25) is 0 Å². The van der Waals surface area contributed by atoms with Crippen molar-refractivity contribution in [1.82, 2.24) is 15.0 Å². The predicted molar refractivity (Wildman–Crippen MR) is 69.1 cm³/mol. The van der Waals surface area contributed by atoms with Gasteiger partial charge >= 0.3 is 0 Å². The van der Waals surface area contributed by atoms with Crippen LogP contribution in [-0.4, -0.2) is 15.0 Å². The van der Waals surface area contributed by atoms with Gasteiger partial charge < -0.3 is 9.40 Å². The zero-order chi connectivity index (χ0) is 11.9. The van der Waals surface area contributed by atoms with E-state index < -0.39 is 0 Å². The average molecular weight is 235 g/mol. The van der Waals surface area contributed by atoms with Crippen molar-refractivity contribution in [3.05, 3.63) is 49.1 Å². The van der Waals surface area contributed by atoms with Gasteiger partial charge in [0.05, 0.1) is 12.0 Å². The number of nitrogens with zero attached hydrogens (tertiary/aromatic N) is 2. The maximum Gasteiger partial charge on any atom is 0.137 e. The summed E-state index contributed by atoms with van der Waals surface area (Å²) < 4.78 is 5.41. The van der Waals surface area contributed by atoms with Crippen molar-refractivity contribution in [3.8, 4) is 11.3 Å². The Bertz CT molecular complexity index is 772. The molecule has 4 aromatic heterocycles. The quantitative estimate of drug-likeness (QED) is 0.550. The second kappa shape index (κ2) is 3.43. The van der Waals surface area contributed by atoms with Gasteiger partial charge in [0.2, 0.25) is 0 Å². The van der Waals surface area contributed by atoms with Gasteiger partial charge in [-0.1, -0.05) is 0 Å². The Morgan fingerprint density at radius 1 is 0.944 bits per heavy atom. The van der Waals surface area contributed by atoms with Gasteiger partial charge in [0.15, 0.2) is 0 Å². The maximum atomic E-state index is 5.41. The Kier molecular flexibility index (Phi) is 1.80. The summed E-state index contributed by atoms with van der Waals surface area (Å²) in [4.78, 5) is 11.9. The number of rotatable bonds is 1. The molecule has 4 aromatic rings. The summed E-state index contributed by atoms with van der Waals surface area (Å²) in [5, 5.41) is 2.09. The third-order valence-electron chi connectivity index (χ3n) is 3.10. The monoisotopic (exact) mass is 235 g/mol. The van der Waals surface area contributed by atoms with Gasteiger partial charge in [-0.25, -0.2) is 4.98 Å². The molecule has 4 nitrogen and oxygen atoms in total. The van der Waals surface area contributed by atoms with Crippen LogP contribution in [0.4, 0.5) is 0 Å². The summed E-state index contributed by atoms with van der Waals surface area (Å²) >= 11 is 0. The lowest BCUT2D eigenvalue weighted by atomic mass is 10.1. The number of hydrogen-bond acceptors (Lipinski definition) is 3. The topological polar surface area (TPSA) is 54.7 Å². The minimum atomic E-state index is 0.848. The van der Waals surface area contributed by atoms with Gasteiger partial charge in [-0.05, 0) is 24.3 Å². The predicted octanol–water partition coefficient (Wildman–Crippen LogP) is 3.37. The number of nitrogens with one attached hydrogen (secondary N) is 1. The fraction of sp³-hybridized carbons (Fsp3) is 0. The molecule has 0 saturated carbocycles. The summed E-state index contributed by atoms with van der Waals surface area (Å²) in [6.45, 7) is 0. The van der Waals surface area contributed by atoms with Crippen LogP contribution >= 0.6 is 0 Å². The first kappa shape index (κ1) is 9.41. The van der Waals surface area contributed by atoms with Crippen LogP contribution in [0.15, 0.2) is 53.5 Å². The van der Waals surface area contributed by atoms with Crippen molar-refractivity contribution >= 4 is 22.0 Å². The molecule has 0 fully saturated rings. The first-order valence-electron chi connectivity index (χ1n) is 5.68. The van der Waals surface area contributed by atoms with E-state index in [0.717, 1.165) is 33.3 Å². The minimum absolute atomic E-state index is 0.848. The van der Waals surface area contributed by atoms with Gasteiger partial charge in [-0.2, -0.15) is 0 Å². The molecule has 0 unspecified atom stereocenters. The van der Waals surface area contributed by atoms with Crippen LogP contribution in [0.25, 0.3) is 33.3 Å². The van der Waals surface area contributed by atoms with E-state index in [1.54, 1.807) is 18.7 Å². The molecule has 0 atom stereocenters. The highest BCUT2D eigenvalue weighted by atomic mass is 16.3. The highest BCUT2D eigenvalue weighted by Crippen LogP contribution is 2.31. The van der Waals surface area contributed by atoms with E-state index in [1.165, 1.54) is 0 Å². The van der Waals surface area contributed by atoms with Crippen molar-refractivity contribution in [3.63, 3.8) is 0 Å². The third kappa shape index (κ3) is 1.20. The smallest absolute Gasteiger partial charge is 0.137 e. The summed E-state index contributed by atoms with van der Waals surface area (Å²) in [6, 6.07) is 7.80. The second-order valence-corrected chi connectivity index (χ2v) is 4.09. The lowest BCUT2D eigenvalue weighted by Crippen LogP contribution is -1.86. The van der Waals surface area contributed by atoms with Crippen LogP contribution in [0, 0.1) is 0 Å². The van der Waals surface area contributed by atoms with Crippen molar-refractivity contribution in [1.29, 1.82) is 0 Å². The summed E-state index contributed by atoms with van der Waals surface area (Å²) in [6.07, 6.45) is 7.12. The molecule has 0 aromatic carbocycles. The third-order valence-corrected chi connectivity index (χ3v) is 3.10. The number of pyridine rings is 2. The molecule has 0 saturated heterocycles. The Balaban J connectivity index is 2.13. The van der Waals surface area contributed by atoms with Gasteiger partial charge in [0.1, 0.15) is 11.2 Å². The zero-order valence-corrected chi connectivity index (χ0v) is 9.42. The molecule has 0 aliphatic heterocycles. The number of fused-ring (bicyclic) bond motifs is 2. The van der Waals surface area contributed by atoms with Crippen molar-refractivity contribution in [2.24, 2.45) is 0 Å². The van der Waals surface area contributed by atoms with Gasteiger partial charge in [-0.3, -0.25) is 4.98 Å². The molecule has 1 N–H and O–H groups in total. The average Bonchev–Trinajstić information content (AvgIpc) is 3.06. The van der Waals surface area contributed by atoms with E-state index >= 15 is 0 Å². The summed E-state index contributed by atoms with van der Waals surface area (Å²) in [7, 11) is 0. The van der Waals surface area contributed by atoms with E-state index in [0.29, 0.717) is 0 Å². The van der Waals surface area contributed by atoms with Gasteiger partial charge in [-0.15, -0.1) is 0 Å². The maximum absolute atomic E-state index is 5.41. The fourth-order valence-electron chi connectivity index (χ4n) is 2.28. The first-order chi connectivity index (χ1) is 8.93. The molecule has 0 radical (unpaired) electrons. The number of furan rings is 1. The fourth-order valence-corrected chi connectivity index (χ4v) is 2.28. The largest absolute Gasteiger partial charge is 0.464 e. The highest BCUT2D eigenvalue weighted by Gasteiger charge is 2.11. The molecule has 0 aliphatic rings. The Morgan fingerprint density at radius 2 is 1.89 bits per heavy atom. The molecule has 0 amide bonds. The van der Waals surface area contributed by atoms with Crippen molar-refractivity contribution < 1.29 is 4.42 Å². The van der Waals surface area contributed by atoms with E-state index in [1.807, 2.05) is 30.5 Å². The van der Waals surface area contributed by atoms with Crippen LogP contribution < -0.4 is 0 Å². The Hall–Kier alpha value is -2.62. The van der Waals surface area contributed by atoms with Gasteiger partial charge in [0.25, 0.3) is 0 Å². The van der Waals surface area contributed by atoms with Crippen LogP contribution in [-0.2, 0) is 0 Å². The lowest BCUT2D eigenvalue weighted by molar-refractivity contribution is 0.615. The Labute approximate surface area is 102 Å². The molecule has 4 rings (SSSR count). The van der Waals surface area contributed by atoms with Gasteiger partial charge in [0, 0.05) is 34.9 Å². The van der Waals surface area contributed by atoms with E-state index in [4.69, 9.17) is 4.42 Å². The van der Waals surface area contributed by atoms with Crippen LogP contribution in [0.3, 0.4) is 0 Å². The molecule has 86 valence electrons. The second-order valence-electron chi connectivity index (χ2n) is 4.09. The SMILES string of the molecule is c1cc2occc2c(-c2ccnc3[nH]ccc23)n1. The highest BCUT2D eigenvalue weighted by molar-refractivity contribution is 6.00. The van der Waals surface area contributed by atoms with Crippen LogP contribution in [0.1, 0.15) is 0 Å².